The van der Waals surface area contributed by atoms with Crippen molar-refractivity contribution in [3.63, 3.8) is 0 Å². The SMILES string of the molecule is COc1ccc(C#CCO[Si](C)(C)C(C)(C)C)cc1. The molecule has 1 aromatic rings. The maximum atomic E-state index is 6.00. The van der Waals surface area contributed by atoms with Gasteiger partial charge in [-0.2, -0.15) is 0 Å². The highest BCUT2D eigenvalue weighted by Gasteiger charge is 2.36. The molecule has 19 heavy (non-hydrogen) atoms. The van der Waals surface area contributed by atoms with E-state index in [-0.39, 0.29) is 5.04 Å². The average molecular weight is 276 g/mol. The lowest BCUT2D eigenvalue weighted by Gasteiger charge is -2.35. The number of methoxy groups -OCH3 is 1. The van der Waals surface area contributed by atoms with Crippen LogP contribution in [0.4, 0.5) is 0 Å². The Labute approximate surface area is 118 Å². The van der Waals surface area contributed by atoms with Crippen molar-refractivity contribution in [2.24, 2.45) is 0 Å². The van der Waals surface area contributed by atoms with Gasteiger partial charge in [0.25, 0.3) is 0 Å². The van der Waals surface area contributed by atoms with Crippen LogP contribution in [0, 0.1) is 11.8 Å². The number of rotatable bonds is 3. The van der Waals surface area contributed by atoms with Gasteiger partial charge in [-0.15, -0.1) is 0 Å². The lowest BCUT2D eigenvalue weighted by Crippen LogP contribution is -2.40. The van der Waals surface area contributed by atoms with Gasteiger partial charge in [0.2, 0.25) is 0 Å². The molecule has 0 spiro atoms. The Morgan fingerprint density at radius 3 is 2.16 bits per heavy atom. The van der Waals surface area contributed by atoms with Crippen LogP contribution in [-0.2, 0) is 4.43 Å². The van der Waals surface area contributed by atoms with Crippen molar-refractivity contribution in [1.82, 2.24) is 0 Å². The van der Waals surface area contributed by atoms with Crippen molar-refractivity contribution in [3.05, 3.63) is 29.8 Å². The second-order valence-corrected chi connectivity index (χ2v) is 10.9. The summed E-state index contributed by atoms with van der Waals surface area (Å²) in [6.45, 7) is 11.7. The van der Waals surface area contributed by atoms with Crippen molar-refractivity contribution >= 4 is 8.32 Å². The molecule has 0 bridgehead atoms. The van der Waals surface area contributed by atoms with Crippen LogP contribution in [0.3, 0.4) is 0 Å². The van der Waals surface area contributed by atoms with Crippen LogP contribution < -0.4 is 4.74 Å². The first-order valence-electron chi connectivity index (χ1n) is 6.53. The molecule has 2 nitrogen and oxygen atoms in total. The van der Waals surface area contributed by atoms with E-state index in [1.165, 1.54) is 0 Å². The normalized spacial score (nSPS) is 11.7. The van der Waals surface area contributed by atoms with Gasteiger partial charge < -0.3 is 9.16 Å². The highest BCUT2D eigenvalue weighted by molar-refractivity contribution is 6.74. The van der Waals surface area contributed by atoms with E-state index in [0.717, 1.165) is 11.3 Å². The Hall–Kier alpha value is -1.24. The van der Waals surface area contributed by atoms with Crippen molar-refractivity contribution in [2.75, 3.05) is 13.7 Å². The quantitative estimate of drug-likeness (QED) is 0.612. The van der Waals surface area contributed by atoms with Gasteiger partial charge in [-0.3, -0.25) is 0 Å². The minimum atomic E-state index is -1.68. The maximum Gasteiger partial charge on any atom is 0.193 e. The summed E-state index contributed by atoms with van der Waals surface area (Å²) in [6.07, 6.45) is 0. The molecule has 0 saturated heterocycles. The van der Waals surface area contributed by atoms with Crippen LogP contribution in [0.1, 0.15) is 26.3 Å². The highest BCUT2D eigenvalue weighted by Crippen LogP contribution is 2.36. The van der Waals surface area contributed by atoms with Crippen LogP contribution in [-0.4, -0.2) is 22.0 Å². The smallest absolute Gasteiger partial charge is 0.193 e. The zero-order chi connectivity index (χ0) is 14.5. The van der Waals surface area contributed by atoms with Crippen LogP contribution in [0.5, 0.6) is 5.75 Å². The molecule has 0 fully saturated rings. The fourth-order valence-electron chi connectivity index (χ4n) is 1.25. The van der Waals surface area contributed by atoms with Crippen molar-refractivity contribution in [2.45, 2.75) is 38.9 Å². The number of hydrogen-bond acceptors (Lipinski definition) is 2. The zero-order valence-corrected chi connectivity index (χ0v) is 13.8. The first-order valence-corrected chi connectivity index (χ1v) is 9.44. The molecule has 0 atom stereocenters. The highest BCUT2D eigenvalue weighted by atomic mass is 28.4. The summed E-state index contributed by atoms with van der Waals surface area (Å²) in [5.74, 6) is 7.05. The van der Waals surface area contributed by atoms with Crippen molar-refractivity contribution in [1.29, 1.82) is 0 Å². The Kier molecular flexibility index (Phi) is 5.22. The summed E-state index contributed by atoms with van der Waals surface area (Å²) < 4.78 is 11.1. The third-order valence-corrected chi connectivity index (χ3v) is 8.11. The predicted octanol–water partition coefficient (Wildman–Crippen LogP) is 4.07. The van der Waals surface area contributed by atoms with Gasteiger partial charge in [-0.25, -0.2) is 0 Å². The maximum absolute atomic E-state index is 6.00. The molecule has 1 aromatic carbocycles. The Morgan fingerprint density at radius 2 is 1.68 bits per heavy atom. The third-order valence-electron chi connectivity index (χ3n) is 3.63. The van der Waals surface area contributed by atoms with Crippen LogP contribution in [0.15, 0.2) is 24.3 Å². The second-order valence-electron chi connectivity index (χ2n) is 6.08. The summed E-state index contributed by atoms with van der Waals surface area (Å²) in [5.41, 5.74) is 0.986. The molecule has 0 aliphatic heterocycles. The van der Waals surface area contributed by atoms with Crippen molar-refractivity contribution in [3.8, 4) is 17.6 Å². The topological polar surface area (TPSA) is 18.5 Å². The Bertz CT molecular complexity index is 458. The fourth-order valence-corrected chi connectivity index (χ4v) is 2.11. The molecule has 0 aliphatic rings. The number of hydrogen-bond donors (Lipinski definition) is 0. The van der Waals surface area contributed by atoms with Gasteiger partial charge >= 0.3 is 0 Å². The van der Waals surface area contributed by atoms with Crippen molar-refractivity contribution < 1.29 is 9.16 Å². The zero-order valence-electron chi connectivity index (χ0n) is 12.8. The van der Waals surface area contributed by atoms with Gasteiger partial charge in [0.15, 0.2) is 8.32 Å². The molecule has 1 rings (SSSR count). The second kappa shape index (κ2) is 6.27. The molecule has 3 heteroatoms. The van der Waals surface area contributed by atoms with E-state index in [2.05, 4.69) is 45.7 Å². The van der Waals surface area contributed by atoms with Crippen LogP contribution >= 0.6 is 0 Å². The van der Waals surface area contributed by atoms with E-state index in [1.54, 1.807) is 7.11 Å². The van der Waals surface area contributed by atoms with Crippen LogP contribution in [0.2, 0.25) is 18.1 Å². The lowest BCUT2D eigenvalue weighted by atomic mass is 10.2. The van der Waals surface area contributed by atoms with E-state index in [1.807, 2.05) is 24.3 Å². The molecule has 0 amide bonds. The van der Waals surface area contributed by atoms with E-state index >= 15 is 0 Å². The van der Waals surface area contributed by atoms with Gasteiger partial charge in [0, 0.05) is 5.56 Å². The minimum absolute atomic E-state index is 0.231. The summed E-state index contributed by atoms with van der Waals surface area (Å²) in [6, 6.07) is 7.74. The molecule has 0 saturated carbocycles. The van der Waals surface area contributed by atoms with Gasteiger partial charge in [0.05, 0.1) is 13.7 Å². The lowest BCUT2D eigenvalue weighted by molar-refractivity contribution is 0.334. The van der Waals surface area contributed by atoms with Gasteiger partial charge in [0.1, 0.15) is 5.75 Å². The summed E-state index contributed by atoms with van der Waals surface area (Å²) in [7, 11) is -0.0199. The molecular weight excluding hydrogens is 252 g/mol. The summed E-state index contributed by atoms with van der Waals surface area (Å²) in [4.78, 5) is 0. The molecule has 104 valence electrons. The molecule has 0 N–H and O–H groups in total. The Morgan fingerprint density at radius 1 is 1.11 bits per heavy atom. The average Bonchev–Trinajstić information content (AvgIpc) is 2.34. The molecule has 0 heterocycles. The number of benzene rings is 1. The first-order chi connectivity index (χ1) is 8.76. The van der Waals surface area contributed by atoms with E-state index < -0.39 is 8.32 Å². The first kappa shape index (κ1) is 15.8. The molecule has 0 radical (unpaired) electrons. The van der Waals surface area contributed by atoms with E-state index in [4.69, 9.17) is 9.16 Å². The Balaban J connectivity index is 2.56. The summed E-state index contributed by atoms with van der Waals surface area (Å²) >= 11 is 0. The molecular formula is C16H24O2Si. The van der Waals surface area contributed by atoms with Crippen LogP contribution in [0.25, 0.3) is 0 Å². The third kappa shape index (κ3) is 4.74. The fraction of sp³-hybridized carbons (Fsp3) is 0.500. The monoisotopic (exact) mass is 276 g/mol. The van der Waals surface area contributed by atoms with E-state index in [0.29, 0.717) is 6.61 Å². The number of ether oxygens (including phenoxy) is 1. The molecule has 0 unspecified atom stereocenters. The standard InChI is InChI=1S/C16H24O2Si/c1-16(2,3)19(5,6)18-13-7-8-14-9-11-15(17-4)12-10-14/h9-12H,13H2,1-6H3. The van der Waals surface area contributed by atoms with Gasteiger partial charge in [-0.05, 0) is 42.4 Å². The predicted molar refractivity (Wildman–Crippen MR) is 83.0 cm³/mol. The van der Waals surface area contributed by atoms with E-state index in [9.17, 15) is 0 Å². The minimum Gasteiger partial charge on any atom is -0.497 e. The van der Waals surface area contributed by atoms with Gasteiger partial charge in [-0.1, -0.05) is 32.6 Å². The molecule has 0 aliphatic carbocycles. The summed E-state index contributed by atoms with van der Waals surface area (Å²) in [5, 5.41) is 0.231. The largest absolute Gasteiger partial charge is 0.497 e. The molecule has 0 aromatic heterocycles.